The zero-order chi connectivity index (χ0) is 13.0. The van der Waals surface area contributed by atoms with Crippen molar-refractivity contribution in [3.05, 3.63) is 12.2 Å². The Morgan fingerprint density at radius 2 is 1.75 bits per heavy atom. The molecule has 94 valence electrons. The molecule has 0 aromatic rings. The van der Waals surface area contributed by atoms with Gasteiger partial charge in [-0.05, 0) is 25.1 Å². The molecule has 16 heavy (non-hydrogen) atoms. The summed E-state index contributed by atoms with van der Waals surface area (Å²) in [6.45, 7) is 14.9. The molecule has 0 saturated heterocycles. The third-order valence-electron chi connectivity index (χ3n) is 3.35. The number of hydrogen-bond donors (Lipinski definition) is 0. The summed E-state index contributed by atoms with van der Waals surface area (Å²) in [5.74, 6) is -0.0784. The van der Waals surface area contributed by atoms with E-state index in [0.717, 1.165) is 6.29 Å². The highest BCUT2D eigenvalue weighted by atomic mass is 28.4. The van der Waals surface area contributed by atoms with Gasteiger partial charge in [0.05, 0.1) is 6.10 Å². The van der Waals surface area contributed by atoms with Crippen LogP contribution in [0.5, 0.6) is 0 Å². The summed E-state index contributed by atoms with van der Waals surface area (Å²) in [5.41, 5.74) is 0. The fourth-order valence-corrected chi connectivity index (χ4v) is 2.43. The zero-order valence-electron chi connectivity index (χ0n) is 11.7. The Labute approximate surface area is 101 Å². The standard InChI is InChI=1S/C13H26O2Si/c1-8-9-12(11(2)10-14)15-16(6,7)13(3,4)5/h8-12H,1-7H3/b9-8+/t11-,12+/m1/s1. The monoisotopic (exact) mass is 242 g/mol. The summed E-state index contributed by atoms with van der Waals surface area (Å²) in [5, 5.41) is 0.176. The Balaban J connectivity index is 4.82. The summed E-state index contributed by atoms with van der Waals surface area (Å²) in [7, 11) is -1.79. The Hall–Kier alpha value is -0.413. The molecule has 0 aliphatic carbocycles. The van der Waals surface area contributed by atoms with Gasteiger partial charge in [0.25, 0.3) is 0 Å². The summed E-state index contributed by atoms with van der Waals surface area (Å²) >= 11 is 0. The quantitative estimate of drug-likeness (QED) is 0.416. The molecule has 0 rings (SSSR count). The lowest BCUT2D eigenvalue weighted by molar-refractivity contribution is -0.112. The molecule has 0 unspecified atom stereocenters. The molecule has 0 N–H and O–H groups in total. The van der Waals surface area contributed by atoms with E-state index in [1.54, 1.807) is 0 Å². The van der Waals surface area contributed by atoms with Crippen LogP contribution in [0.25, 0.3) is 0 Å². The van der Waals surface area contributed by atoms with Crippen molar-refractivity contribution < 1.29 is 9.22 Å². The minimum Gasteiger partial charge on any atom is -0.410 e. The van der Waals surface area contributed by atoms with Crippen molar-refractivity contribution >= 4 is 14.6 Å². The van der Waals surface area contributed by atoms with Crippen molar-refractivity contribution in [2.24, 2.45) is 5.92 Å². The Morgan fingerprint density at radius 1 is 1.25 bits per heavy atom. The molecule has 0 aromatic heterocycles. The Morgan fingerprint density at radius 3 is 2.06 bits per heavy atom. The van der Waals surface area contributed by atoms with Gasteiger partial charge < -0.3 is 9.22 Å². The van der Waals surface area contributed by atoms with Crippen LogP contribution in [0.1, 0.15) is 34.6 Å². The van der Waals surface area contributed by atoms with E-state index in [9.17, 15) is 4.79 Å². The minimum atomic E-state index is -1.79. The fraction of sp³-hybridized carbons (Fsp3) is 0.769. The third-order valence-corrected chi connectivity index (χ3v) is 7.83. The van der Waals surface area contributed by atoms with Gasteiger partial charge in [-0.2, -0.15) is 0 Å². The lowest BCUT2D eigenvalue weighted by Crippen LogP contribution is -2.45. The first-order valence-corrected chi connectivity index (χ1v) is 8.82. The number of aldehydes is 1. The molecular formula is C13H26O2Si. The van der Waals surface area contributed by atoms with Crippen LogP contribution in [-0.2, 0) is 9.22 Å². The van der Waals surface area contributed by atoms with Crippen molar-refractivity contribution in [2.45, 2.75) is 58.9 Å². The van der Waals surface area contributed by atoms with E-state index in [1.165, 1.54) is 0 Å². The van der Waals surface area contributed by atoms with Crippen molar-refractivity contribution in [3.8, 4) is 0 Å². The topological polar surface area (TPSA) is 26.3 Å². The summed E-state index contributed by atoms with van der Waals surface area (Å²) in [6, 6.07) is 0. The van der Waals surface area contributed by atoms with E-state index in [4.69, 9.17) is 4.43 Å². The van der Waals surface area contributed by atoms with Crippen LogP contribution in [-0.4, -0.2) is 20.7 Å². The first-order chi connectivity index (χ1) is 7.15. The van der Waals surface area contributed by atoms with Gasteiger partial charge in [0.2, 0.25) is 0 Å². The molecular weight excluding hydrogens is 216 g/mol. The molecule has 0 heterocycles. The van der Waals surface area contributed by atoms with E-state index in [-0.39, 0.29) is 17.1 Å². The maximum atomic E-state index is 10.9. The molecule has 0 bridgehead atoms. The molecule has 0 amide bonds. The predicted molar refractivity (Wildman–Crippen MR) is 72.1 cm³/mol. The maximum absolute atomic E-state index is 10.9. The average Bonchev–Trinajstić information content (AvgIpc) is 2.14. The van der Waals surface area contributed by atoms with Crippen LogP contribution in [0.3, 0.4) is 0 Å². The second-order valence-electron chi connectivity index (χ2n) is 5.86. The number of hydrogen-bond acceptors (Lipinski definition) is 2. The lowest BCUT2D eigenvalue weighted by atomic mass is 10.1. The van der Waals surface area contributed by atoms with Crippen LogP contribution in [0.4, 0.5) is 0 Å². The van der Waals surface area contributed by atoms with E-state index in [2.05, 4.69) is 33.9 Å². The second-order valence-corrected chi connectivity index (χ2v) is 10.6. The average molecular weight is 242 g/mol. The third kappa shape index (κ3) is 4.22. The molecule has 0 saturated carbocycles. The van der Waals surface area contributed by atoms with Crippen LogP contribution < -0.4 is 0 Å². The zero-order valence-corrected chi connectivity index (χ0v) is 12.7. The van der Waals surface area contributed by atoms with Gasteiger partial charge in [0, 0.05) is 5.92 Å². The highest BCUT2D eigenvalue weighted by Crippen LogP contribution is 2.38. The molecule has 0 aliphatic rings. The van der Waals surface area contributed by atoms with E-state index < -0.39 is 8.32 Å². The fourth-order valence-electron chi connectivity index (χ4n) is 1.11. The second kappa shape index (κ2) is 5.78. The van der Waals surface area contributed by atoms with Crippen molar-refractivity contribution in [1.29, 1.82) is 0 Å². The Kier molecular flexibility index (Phi) is 5.63. The number of rotatable bonds is 5. The lowest BCUT2D eigenvalue weighted by Gasteiger charge is -2.39. The Bertz CT molecular complexity index is 251. The van der Waals surface area contributed by atoms with E-state index in [0.29, 0.717) is 0 Å². The summed E-state index contributed by atoms with van der Waals surface area (Å²) in [4.78, 5) is 10.9. The van der Waals surface area contributed by atoms with Gasteiger partial charge in [-0.1, -0.05) is 39.8 Å². The van der Waals surface area contributed by atoms with Crippen LogP contribution in [0, 0.1) is 5.92 Å². The molecule has 0 aromatic carbocycles. The van der Waals surface area contributed by atoms with Crippen molar-refractivity contribution in [2.75, 3.05) is 0 Å². The van der Waals surface area contributed by atoms with Crippen molar-refractivity contribution in [3.63, 3.8) is 0 Å². The van der Waals surface area contributed by atoms with Gasteiger partial charge in [-0.3, -0.25) is 0 Å². The number of allylic oxidation sites excluding steroid dienone is 1. The van der Waals surface area contributed by atoms with Crippen molar-refractivity contribution in [1.82, 2.24) is 0 Å². The first-order valence-electron chi connectivity index (χ1n) is 5.91. The van der Waals surface area contributed by atoms with Crippen LogP contribution in [0.2, 0.25) is 18.1 Å². The first kappa shape index (κ1) is 15.6. The van der Waals surface area contributed by atoms with Gasteiger partial charge in [-0.25, -0.2) is 0 Å². The molecule has 0 spiro atoms. The molecule has 0 aliphatic heterocycles. The molecule has 0 radical (unpaired) electrons. The van der Waals surface area contributed by atoms with Crippen LogP contribution >= 0.6 is 0 Å². The number of carbonyl (C=O) groups is 1. The highest BCUT2D eigenvalue weighted by Gasteiger charge is 2.39. The van der Waals surface area contributed by atoms with Gasteiger partial charge in [0.1, 0.15) is 6.29 Å². The van der Waals surface area contributed by atoms with Crippen LogP contribution in [0.15, 0.2) is 12.2 Å². The molecule has 2 nitrogen and oxygen atoms in total. The van der Waals surface area contributed by atoms with E-state index in [1.807, 2.05) is 26.0 Å². The predicted octanol–water partition coefficient (Wildman–Crippen LogP) is 3.79. The van der Waals surface area contributed by atoms with Gasteiger partial charge in [-0.15, -0.1) is 0 Å². The SMILES string of the molecule is C/C=C/[C@H](O[Si](C)(C)C(C)(C)C)[C@H](C)C=O. The van der Waals surface area contributed by atoms with Gasteiger partial charge >= 0.3 is 0 Å². The normalized spacial score (nSPS) is 17.4. The molecule has 0 fully saturated rings. The smallest absolute Gasteiger partial charge is 0.192 e. The largest absolute Gasteiger partial charge is 0.410 e. The molecule has 3 heteroatoms. The maximum Gasteiger partial charge on any atom is 0.192 e. The summed E-state index contributed by atoms with van der Waals surface area (Å²) < 4.78 is 6.22. The molecule has 2 atom stereocenters. The highest BCUT2D eigenvalue weighted by molar-refractivity contribution is 6.74. The van der Waals surface area contributed by atoms with E-state index >= 15 is 0 Å². The minimum absolute atomic E-state index is 0.0784. The number of carbonyl (C=O) groups excluding carboxylic acids is 1. The van der Waals surface area contributed by atoms with Gasteiger partial charge in [0.15, 0.2) is 8.32 Å². The summed E-state index contributed by atoms with van der Waals surface area (Å²) in [6.07, 6.45) is 4.83.